The largest absolute Gasteiger partial charge is 0.294 e. The van der Waals surface area contributed by atoms with E-state index in [1.54, 1.807) is 0 Å². The van der Waals surface area contributed by atoms with Crippen LogP contribution in [0.3, 0.4) is 0 Å². The quantitative estimate of drug-likeness (QED) is 0.619. The van der Waals surface area contributed by atoms with Crippen molar-refractivity contribution in [1.29, 1.82) is 0 Å². The van der Waals surface area contributed by atoms with Gasteiger partial charge in [0.25, 0.3) is 0 Å². The van der Waals surface area contributed by atoms with Crippen molar-refractivity contribution in [1.82, 2.24) is 0 Å². The Kier molecular flexibility index (Phi) is 7.22. The van der Waals surface area contributed by atoms with Gasteiger partial charge in [0.15, 0.2) is 0 Å². The van der Waals surface area contributed by atoms with Crippen LogP contribution in [0.15, 0.2) is 9.98 Å². The van der Waals surface area contributed by atoms with Crippen LogP contribution in [0.1, 0.15) is 66.2 Å². The maximum absolute atomic E-state index is 4.67. The summed E-state index contributed by atoms with van der Waals surface area (Å²) in [4.78, 5) is 9.34. The van der Waals surface area contributed by atoms with Gasteiger partial charge in [0, 0.05) is 24.5 Å². The Morgan fingerprint density at radius 3 is 1.39 bits per heavy atom. The SMILES string of the molecule is CCC(C)=NCC1CCC(CN=C(C)CC)CC1. The van der Waals surface area contributed by atoms with Crippen LogP contribution in [-0.2, 0) is 0 Å². The monoisotopic (exact) mass is 250 g/mol. The molecule has 1 fully saturated rings. The molecule has 0 amide bonds. The van der Waals surface area contributed by atoms with Crippen LogP contribution in [0, 0.1) is 11.8 Å². The molecule has 1 rings (SSSR count). The summed E-state index contributed by atoms with van der Waals surface area (Å²) in [6.45, 7) is 10.8. The van der Waals surface area contributed by atoms with E-state index >= 15 is 0 Å². The van der Waals surface area contributed by atoms with Crippen molar-refractivity contribution >= 4 is 11.4 Å². The van der Waals surface area contributed by atoms with Crippen molar-refractivity contribution in [3.63, 3.8) is 0 Å². The molecule has 104 valence electrons. The van der Waals surface area contributed by atoms with E-state index in [9.17, 15) is 0 Å². The molecule has 0 N–H and O–H groups in total. The van der Waals surface area contributed by atoms with Crippen molar-refractivity contribution < 1.29 is 0 Å². The Labute approximate surface area is 113 Å². The maximum Gasteiger partial charge on any atom is 0.0416 e. The Morgan fingerprint density at radius 2 is 1.11 bits per heavy atom. The number of hydrogen-bond acceptors (Lipinski definition) is 2. The molecule has 2 nitrogen and oxygen atoms in total. The normalized spacial score (nSPS) is 26.4. The first-order valence-electron chi connectivity index (χ1n) is 7.65. The highest BCUT2D eigenvalue weighted by molar-refractivity contribution is 5.81. The molecule has 0 heterocycles. The smallest absolute Gasteiger partial charge is 0.0416 e. The number of hydrogen-bond donors (Lipinski definition) is 0. The van der Waals surface area contributed by atoms with E-state index in [1.165, 1.54) is 37.1 Å². The minimum atomic E-state index is 0.832. The average Bonchev–Trinajstić information content (AvgIpc) is 2.43. The second kappa shape index (κ2) is 8.44. The van der Waals surface area contributed by atoms with E-state index < -0.39 is 0 Å². The third-order valence-corrected chi connectivity index (χ3v) is 4.23. The maximum atomic E-state index is 4.67. The Balaban J connectivity index is 2.24. The van der Waals surface area contributed by atoms with Gasteiger partial charge in [0.05, 0.1) is 0 Å². The molecule has 1 aliphatic rings. The summed E-state index contributed by atoms with van der Waals surface area (Å²) in [6.07, 6.45) is 7.61. The standard InChI is InChI=1S/C16H30N2/c1-5-13(3)17-11-15-7-9-16(10-8-15)12-18-14(4)6-2/h15-16H,5-12H2,1-4H3. The minimum Gasteiger partial charge on any atom is -0.294 e. The highest BCUT2D eigenvalue weighted by Gasteiger charge is 2.20. The van der Waals surface area contributed by atoms with Gasteiger partial charge in [-0.05, 0) is 64.2 Å². The van der Waals surface area contributed by atoms with E-state index in [4.69, 9.17) is 0 Å². The lowest BCUT2D eigenvalue weighted by molar-refractivity contribution is 0.286. The van der Waals surface area contributed by atoms with Crippen molar-refractivity contribution in [2.24, 2.45) is 21.8 Å². The summed E-state index contributed by atoms with van der Waals surface area (Å²) < 4.78 is 0. The molecule has 2 heteroatoms. The summed E-state index contributed by atoms with van der Waals surface area (Å²) in [7, 11) is 0. The molecule has 18 heavy (non-hydrogen) atoms. The predicted molar refractivity (Wildman–Crippen MR) is 82.0 cm³/mol. The van der Waals surface area contributed by atoms with Crippen molar-refractivity contribution in [2.75, 3.05) is 13.1 Å². The summed E-state index contributed by atoms with van der Waals surface area (Å²) in [5.74, 6) is 1.66. The van der Waals surface area contributed by atoms with Crippen molar-refractivity contribution in [2.45, 2.75) is 66.2 Å². The fourth-order valence-electron chi connectivity index (χ4n) is 2.39. The molecular weight excluding hydrogens is 220 g/mol. The van der Waals surface area contributed by atoms with Gasteiger partial charge < -0.3 is 0 Å². The number of rotatable bonds is 6. The van der Waals surface area contributed by atoms with Crippen LogP contribution >= 0.6 is 0 Å². The minimum absolute atomic E-state index is 0.832. The molecule has 0 saturated heterocycles. The first-order valence-corrected chi connectivity index (χ1v) is 7.65. The molecule has 1 saturated carbocycles. The Morgan fingerprint density at radius 1 is 0.778 bits per heavy atom. The van der Waals surface area contributed by atoms with Crippen LogP contribution in [0.5, 0.6) is 0 Å². The van der Waals surface area contributed by atoms with Gasteiger partial charge in [-0.15, -0.1) is 0 Å². The van der Waals surface area contributed by atoms with Gasteiger partial charge in [-0.3, -0.25) is 9.98 Å². The second-order valence-electron chi connectivity index (χ2n) is 5.75. The van der Waals surface area contributed by atoms with Gasteiger partial charge >= 0.3 is 0 Å². The molecule has 0 unspecified atom stereocenters. The van der Waals surface area contributed by atoms with Gasteiger partial charge in [-0.1, -0.05) is 13.8 Å². The molecule has 0 aliphatic heterocycles. The van der Waals surface area contributed by atoms with Crippen LogP contribution < -0.4 is 0 Å². The predicted octanol–water partition coefficient (Wildman–Crippen LogP) is 4.53. The molecular formula is C16H30N2. The van der Waals surface area contributed by atoms with Crippen LogP contribution in [0.4, 0.5) is 0 Å². The van der Waals surface area contributed by atoms with Gasteiger partial charge in [-0.2, -0.15) is 0 Å². The Bertz CT molecular complexity index is 253. The molecule has 0 radical (unpaired) electrons. The van der Waals surface area contributed by atoms with E-state index in [0.717, 1.165) is 37.8 Å². The molecule has 1 aliphatic carbocycles. The van der Waals surface area contributed by atoms with E-state index in [2.05, 4.69) is 37.7 Å². The zero-order valence-electron chi connectivity index (χ0n) is 12.7. The van der Waals surface area contributed by atoms with Crippen LogP contribution in [0.2, 0.25) is 0 Å². The fourth-order valence-corrected chi connectivity index (χ4v) is 2.39. The zero-order chi connectivity index (χ0) is 13.4. The first-order chi connectivity index (χ1) is 8.65. The van der Waals surface area contributed by atoms with Crippen molar-refractivity contribution in [3.05, 3.63) is 0 Å². The molecule has 0 atom stereocenters. The highest BCUT2D eigenvalue weighted by Crippen LogP contribution is 2.29. The van der Waals surface area contributed by atoms with Gasteiger partial charge in [0.1, 0.15) is 0 Å². The fraction of sp³-hybridized carbons (Fsp3) is 0.875. The van der Waals surface area contributed by atoms with E-state index in [0.29, 0.717) is 0 Å². The molecule has 0 bridgehead atoms. The highest BCUT2D eigenvalue weighted by atomic mass is 14.7. The van der Waals surface area contributed by atoms with E-state index in [-0.39, 0.29) is 0 Å². The Hall–Kier alpha value is -0.660. The van der Waals surface area contributed by atoms with Crippen LogP contribution in [-0.4, -0.2) is 24.5 Å². The first kappa shape index (κ1) is 15.4. The molecule has 0 spiro atoms. The third kappa shape index (κ3) is 5.79. The summed E-state index contributed by atoms with van der Waals surface area (Å²) in [6, 6.07) is 0. The van der Waals surface area contributed by atoms with Crippen molar-refractivity contribution in [3.8, 4) is 0 Å². The lowest BCUT2D eigenvalue weighted by Crippen LogP contribution is -2.19. The summed E-state index contributed by atoms with van der Waals surface area (Å²) >= 11 is 0. The topological polar surface area (TPSA) is 24.7 Å². The molecule has 0 aromatic rings. The lowest BCUT2D eigenvalue weighted by Gasteiger charge is -2.26. The summed E-state index contributed by atoms with van der Waals surface area (Å²) in [5.41, 5.74) is 2.61. The third-order valence-electron chi connectivity index (χ3n) is 4.23. The van der Waals surface area contributed by atoms with Crippen LogP contribution in [0.25, 0.3) is 0 Å². The molecule has 0 aromatic carbocycles. The number of nitrogens with zero attached hydrogens (tertiary/aromatic N) is 2. The zero-order valence-corrected chi connectivity index (χ0v) is 12.7. The average molecular weight is 250 g/mol. The van der Waals surface area contributed by atoms with Gasteiger partial charge in [-0.25, -0.2) is 0 Å². The lowest BCUT2D eigenvalue weighted by atomic mass is 9.82. The number of aliphatic imine (C=N–C) groups is 2. The second-order valence-corrected chi connectivity index (χ2v) is 5.75. The molecule has 0 aromatic heterocycles. The summed E-state index contributed by atoms with van der Waals surface area (Å²) in [5, 5.41) is 0. The van der Waals surface area contributed by atoms with Gasteiger partial charge in [0.2, 0.25) is 0 Å². The van der Waals surface area contributed by atoms with E-state index in [1.807, 2.05) is 0 Å².